The summed E-state index contributed by atoms with van der Waals surface area (Å²) in [4.78, 5) is 84.9. The van der Waals surface area contributed by atoms with E-state index in [-0.39, 0.29) is 54.2 Å². The summed E-state index contributed by atoms with van der Waals surface area (Å²) >= 11 is 0. The molecule has 1 aromatic rings. The molecule has 1 fully saturated rings. The normalized spacial score (nSPS) is 18.0. The SMILES string of the molecule is C=C(CC)[C@@H]([C@@H](CC(=O)N1CCC[C@H]1[C@H](OC)[C@@H](C)C(=O)N[C@@H](Cc1ccccc1)C(=O)NCCC[Si](C)(C)O)OC)N(C)C(=O)[C@@H](NC(=O)C(C(C)C)N(C)C)C(C)C. The minimum absolute atomic E-state index is 0.0205. The maximum atomic E-state index is 14.3. The van der Waals surface area contributed by atoms with Gasteiger partial charge in [-0.15, -0.1) is 0 Å². The van der Waals surface area contributed by atoms with Gasteiger partial charge in [0.15, 0.2) is 8.32 Å². The number of hydrogen-bond donors (Lipinski definition) is 4. The van der Waals surface area contributed by atoms with E-state index in [1.54, 1.807) is 23.8 Å². The molecule has 0 bridgehead atoms. The molecule has 15 heteroatoms. The van der Waals surface area contributed by atoms with E-state index in [4.69, 9.17) is 9.47 Å². The third-order valence-corrected chi connectivity index (χ3v) is 13.3. The highest BCUT2D eigenvalue weighted by Gasteiger charge is 2.43. The minimum atomic E-state index is -2.26. The summed E-state index contributed by atoms with van der Waals surface area (Å²) < 4.78 is 12.0. The third-order valence-electron chi connectivity index (χ3n) is 11.7. The zero-order chi connectivity index (χ0) is 45.5. The van der Waals surface area contributed by atoms with Gasteiger partial charge in [0.05, 0.1) is 42.7 Å². The van der Waals surface area contributed by atoms with E-state index in [0.717, 1.165) is 5.56 Å². The molecule has 0 saturated carbocycles. The average Bonchev–Trinajstić information content (AvgIpc) is 3.67. The Hall–Kier alpha value is -3.63. The van der Waals surface area contributed by atoms with Crippen LogP contribution in [0.25, 0.3) is 0 Å². The predicted octanol–water partition coefficient (Wildman–Crippen LogP) is 3.99. The summed E-state index contributed by atoms with van der Waals surface area (Å²) in [5.74, 6) is -2.34. The highest BCUT2D eigenvalue weighted by molar-refractivity contribution is 6.69. The van der Waals surface area contributed by atoms with Gasteiger partial charge >= 0.3 is 0 Å². The number of likely N-dealkylation sites (tertiary alicyclic amines) is 1. The molecule has 1 aliphatic rings. The van der Waals surface area contributed by atoms with Crippen molar-refractivity contribution in [3.8, 4) is 0 Å². The van der Waals surface area contributed by atoms with Gasteiger partial charge in [0.1, 0.15) is 12.1 Å². The Labute approximate surface area is 361 Å². The van der Waals surface area contributed by atoms with Crippen LogP contribution in [0, 0.1) is 17.8 Å². The summed E-state index contributed by atoms with van der Waals surface area (Å²) in [6, 6.07) is 6.94. The topological polar surface area (TPSA) is 170 Å². The van der Waals surface area contributed by atoms with Crippen LogP contribution in [0.3, 0.4) is 0 Å². The van der Waals surface area contributed by atoms with E-state index in [2.05, 4.69) is 22.5 Å². The van der Waals surface area contributed by atoms with Crippen molar-refractivity contribution in [2.45, 2.75) is 142 Å². The van der Waals surface area contributed by atoms with Crippen LogP contribution < -0.4 is 16.0 Å². The highest BCUT2D eigenvalue weighted by atomic mass is 28.4. The molecular weight excluding hydrogens is 781 g/mol. The quantitative estimate of drug-likeness (QED) is 0.0646. The Bertz CT molecular complexity index is 1550. The van der Waals surface area contributed by atoms with Crippen molar-refractivity contribution in [2.75, 3.05) is 48.5 Å². The van der Waals surface area contributed by atoms with Crippen LogP contribution in [0.4, 0.5) is 0 Å². The number of ether oxygens (including phenoxy) is 2. The summed E-state index contributed by atoms with van der Waals surface area (Å²) in [5.41, 5.74) is 1.60. The van der Waals surface area contributed by atoms with Gasteiger partial charge < -0.3 is 40.0 Å². The number of benzene rings is 1. The first-order valence-corrected chi connectivity index (χ1v) is 24.9. The lowest BCUT2D eigenvalue weighted by atomic mass is 9.92. The van der Waals surface area contributed by atoms with Crippen molar-refractivity contribution in [1.82, 2.24) is 30.7 Å². The van der Waals surface area contributed by atoms with Crippen LogP contribution >= 0.6 is 0 Å². The lowest BCUT2D eigenvalue weighted by Crippen LogP contribution is -2.59. The van der Waals surface area contributed by atoms with E-state index in [1.807, 2.05) is 97.0 Å². The number of rotatable bonds is 25. The monoisotopic (exact) mass is 859 g/mol. The van der Waals surface area contributed by atoms with Crippen LogP contribution in [0.1, 0.15) is 79.2 Å². The second-order valence-electron chi connectivity index (χ2n) is 18.0. The van der Waals surface area contributed by atoms with Gasteiger partial charge in [0.25, 0.3) is 0 Å². The Morgan fingerprint density at radius 1 is 0.917 bits per heavy atom. The zero-order valence-corrected chi connectivity index (χ0v) is 39.9. The molecule has 0 aromatic heterocycles. The standard InChI is InChI=1S/C45H78N6O8Si/c1-15-31(6)40(50(10)45(56)38(29(2)3)48-44(55)39(30(4)5)49(8)9)36(58-11)28-37(52)51-25-19-23-35(51)41(59-12)32(7)42(53)47-34(27-33-21-17-16-18-22-33)43(54)46-24-20-26-60(13,14)57/h16-18,21-22,29-30,32,34-36,38-41,57H,6,15,19-20,23-28H2,1-5,7-14H3,(H,46,54)(H,47,53)(H,48,55)/t32-,34+,35+,36-,38+,39?,40+,41-/m1/s1. The van der Waals surface area contributed by atoms with E-state index in [0.29, 0.717) is 50.4 Å². The summed E-state index contributed by atoms with van der Waals surface area (Å²) in [7, 11) is 6.13. The van der Waals surface area contributed by atoms with Crippen LogP contribution in [-0.4, -0.2) is 148 Å². The van der Waals surface area contributed by atoms with Gasteiger partial charge in [-0.05, 0) is 76.3 Å². The van der Waals surface area contributed by atoms with E-state index in [1.165, 1.54) is 14.2 Å². The number of methoxy groups -OCH3 is 2. The van der Waals surface area contributed by atoms with Crippen molar-refractivity contribution in [3.05, 3.63) is 48.0 Å². The van der Waals surface area contributed by atoms with Crippen LogP contribution in [0.5, 0.6) is 0 Å². The molecule has 8 atom stereocenters. The molecule has 4 N–H and O–H groups in total. The molecule has 60 heavy (non-hydrogen) atoms. The van der Waals surface area contributed by atoms with Crippen molar-refractivity contribution in [2.24, 2.45) is 17.8 Å². The highest BCUT2D eigenvalue weighted by Crippen LogP contribution is 2.29. The van der Waals surface area contributed by atoms with Crippen molar-refractivity contribution in [3.63, 3.8) is 0 Å². The number of likely N-dealkylation sites (N-methyl/N-ethyl adjacent to an activating group) is 2. The number of hydrogen-bond acceptors (Lipinski definition) is 9. The second-order valence-corrected chi connectivity index (χ2v) is 22.1. The minimum Gasteiger partial charge on any atom is -0.432 e. The largest absolute Gasteiger partial charge is 0.432 e. The zero-order valence-electron chi connectivity index (χ0n) is 38.9. The molecule has 0 spiro atoms. The molecule has 1 unspecified atom stereocenters. The fraction of sp³-hybridized carbons (Fsp3) is 0.711. The van der Waals surface area contributed by atoms with Gasteiger partial charge in [0, 0.05) is 40.8 Å². The maximum absolute atomic E-state index is 14.3. The Kier molecular flexibility index (Phi) is 21.6. The molecule has 1 heterocycles. The van der Waals surface area contributed by atoms with Crippen LogP contribution in [0.2, 0.25) is 19.1 Å². The first-order valence-electron chi connectivity index (χ1n) is 21.7. The summed E-state index contributed by atoms with van der Waals surface area (Å²) in [6.45, 7) is 20.3. The maximum Gasteiger partial charge on any atom is 0.245 e. The average molecular weight is 859 g/mol. The number of amides is 5. The molecule has 14 nitrogen and oxygen atoms in total. The predicted molar refractivity (Wildman–Crippen MR) is 239 cm³/mol. The first-order chi connectivity index (χ1) is 28.1. The Balaban J connectivity index is 2.29. The number of carbonyl (C=O) groups excluding carboxylic acids is 5. The molecule has 0 radical (unpaired) electrons. The fourth-order valence-corrected chi connectivity index (χ4v) is 9.40. The number of nitrogens with zero attached hydrogens (tertiary/aromatic N) is 3. The third kappa shape index (κ3) is 15.4. The number of carbonyl (C=O) groups is 5. The number of nitrogens with one attached hydrogen (secondary N) is 3. The van der Waals surface area contributed by atoms with E-state index >= 15 is 0 Å². The second kappa shape index (κ2) is 24.7. The molecule has 0 aliphatic carbocycles. The molecule has 340 valence electrons. The lowest BCUT2D eigenvalue weighted by Gasteiger charge is -2.39. The van der Waals surface area contributed by atoms with Crippen molar-refractivity contribution in [1.29, 1.82) is 0 Å². The molecular formula is C45H78N6O8Si. The molecule has 1 aromatic carbocycles. The van der Waals surface area contributed by atoms with E-state index in [9.17, 15) is 28.8 Å². The van der Waals surface area contributed by atoms with Gasteiger partial charge in [0.2, 0.25) is 29.5 Å². The molecule has 5 amide bonds. The summed E-state index contributed by atoms with van der Waals surface area (Å²) in [5, 5.41) is 8.93. The van der Waals surface area contributed by atoms with Crippen LogP contribution in [-0.2, 0) is 39.9 Å². The molecule has 1 aliphatic heterocycles. The Morgan fingerprint density at radius 3 is 2.07 bits per heavy atom. The smallest absolute Gasteiger partial charge is 0.245 e. The van der Waals surface area contributed by atoms with Crippen molar-refractivity contribution < 1.29 is 38.2 Å². The fourth-order valence-electron chi connectivity index (χ4n) is 8.36. The van der Waals surface area contributed by atoms with Crippen LogP contribution in [0.15, 0.2) is 42.5 Å². The summed E-state index contributed by atoms with van der Waals surface area (Å²) in [6.07, 6.45) is 1.29. The van der Waals surface area contributed by atoms with Gasteiger partial charge in [-0.1, -0.05) is 84.0 Å². The first kappa shape index (κ1) is 52.5. The lowest BCUT2D eigenvalue weighted by molar-refractivity contribution is -0.145. The van der Waals surface area contributed by atoms with Crippen molar-refractivity contribution >= 4 is 37.9 Å². The van der Waals surface area contributed by atoms with Gasteiger partial charge in [-0.3, -0.25) is 28.9 Å². The van der Waals surface area contributed by atoms with Gasteiger partial charge in [-0.2, -0.15) is 0 Å². The molecule has 2 rings (SSSR count). The Morgan fingerprint density at radius 2 is 1.55 bits per heavy atom. The van der Waals surface area contributed by atoms with E-state index < -0.39 is 56.7 Å². The van der Waals surface area contributed by atoms with Gasteiger partial charge in [-0.25, -0.2) is 0 Å². The molecule has 1 saturated heterocycles.